The zero-order valence-corrected chi connectivity index (χ0v) is 18.5. The molecule has 0 saturated carbocycles. The molecular weight excluding hydrogens is 413 g/mol. The molecule has 0 aliphatic carbocycles. The standard InChI is InChI=1S/C25H30FNO5/c1-3-7-18(2)17-32-20-13-11-19(21(26)16-20)12-14-24(28)27-22-8-4-5-9-23(22)31-15-6-10-25(29)30/h4-5,8-9,11-14,16,18H,3,6-7,10,15,17H2,1-2H3,(H,27,28)(H,29,30). The van der Waals surface area contributed by atoms with Crippen molar-refractivity contribution in [2.45, 2.75) is 39.5 Å². The molecule has 0 aliphatic rings. The number of hydrogen-bond donors (Lipinski definition) is 2. The van der Waals surface area contributed by atoms with Crippen molar-refractivity contribution in [3.8, 4) is 11.5 Å². The number of hydrogen-bond acceptors (Lipinski definition) is 4. The molecule has 6 nitrogen and oxygen atoms in total. The van der Waals surface area contributed by atoms with Crippen molar-refractivity contribution in [3.63, 3.8) is 0 Å². The molecule has 0 radical (unpaired) electrons. The van der Waals surface area contributed by atoms with Crippen LogP contribution in [0.1, 0.15) is 45.1 Å². The predicted molar refractivity (Wildman–Crippen MR) is 122 cm³/mol. The maximum Gasteiger partial charge on any atom is 0.303 e. The van der Waals surface area contributed by atoms with Crippen LogP contribution in [0.3, 0.4) is 0 Å². The number of rotatable bonds is 13. The molecule has 1 atom stereocenters. The van der Waals surface area contributed by atoms with Gasteiger partial charge in [0.15, 0.2) is 0 Å². The molecule has 0 fully saturated rings. The molecule has 1 amide bonds. The maximum atomic E-state index is 14.4. The van der Waals surface area contributed by atoms with Crippen molar-refractivity contribution in [2.75, 3.05) is 18.5 Å². The average Bonchev–Trinajstić information content (AvgIpc) is 2.75. The van der Waals surface area contributed by atoms with Gasteiger partial charge in [0.25, 0.3) is 0 Å². The molecule has 2 aromatic rings. The van der Waals surface area contributed by atoms with E-state index in [0.717, 1.165) is 12.8 Å². The molecule has 2 rings (SSSR count). The monoisotopic (exact) mass is 443 g/mol. The van der Waals surface area contributed by atoms with E-state index in [-0.39, 0.29) is 18.6 Å². The summed E-state index contributed by atoms with van der Waals surface area (Å²) >= 11 is 0. The second-order valence-electron chi connectivity index (χ2n) is 7.55. The number of carboxylic acids is 1. The lowest BCUT2D eigenvalue weighted by Gasteiger charge is -2.12. The molecule has 172 valence electrons. The van der Waals surface area contributed by atoms with Crippen LogP contribution < -0.4 is 14.8 Å². The minimum atomic E-state index is -0.891. The summed E-state index contributed by atoms with van der Waals surface area (Å²) in [7, 11) is 0. The van der Waals surface area contributed by atoms with E-state index in [1.54, 1.807) is 36.4 Å². The first-order chi connectivity index (χ1) is 15.4. The van der Waals surface area contributed by atoms with Gasteiger partial charge in [0.05, 0.1) is 18.9 Å². The Labute approximate surface area is 188 Å². The number of halogens is 1. The van der Waals surface area contributed by atoms with Crippen LogP contribution in [0.2, 0.25) is 0 Å². The second-order valence-corrected chi connectivity index (χ2v) is 7.55. The van der Waals surface area contributed by atoms with Crippen LogP contribution in [0.4, 0.5) is 10.1 Å². The van der Waals surface area contributed by atoms with E-state index in [9.17, 15) is 14.0 Å². The minimum absolute atomic E-state index is 0.00439. The van der Waals surface area contributed by atoms with E-state index < -0.39 is 17.7 Å². The zero-order chi connectivity index (χ0) is 23.3. The highest BCUT2D eigenvalue weighted by Gasteiger charge is 2.08. The van der Waals surface area contributed by atoms with Crippen LogP contribution >= 0.6 is 0 Å². The molecule has 0 aliphatic heterocycles. The van der Waals surface area contributed by atoms with Crippen molar-refractivity contribution in [1.29, 1.82) is 0 Å². The summed E-state index contributed by atoms with van der Waals surface area (Å²) in [4.78, 5) is 22.9. The molecule has 0 spiro atoms. The van der Waals surface area contributed by atoms with Gasteiger partial charge < -0.3 is 19.9 Å². The fourth-order valence-corrected chi connectivity index (χ4v) is 2.99. The van der Waals surface area contributed by atoms with Gasteiger partial charge in [-0.3, -0.25) is 9.59 Å². The lowest BCUT2D eigenvalue weighted by Crippen LogP contribution is -2.10. The summed E-state index contributed by atoms with van der Waals surface area (Å²) in [6, 6.07) is 11.4. The van der Waals surface area contributed by atoms with Gasteiger partial charge >= 0.3 is 5.97 Å². The number of nitrogens with one attached hydrogen (secondary N) is 1. The van der Waals surface area contributed by atoms with Gasteiger partial charge in [0.1, 0.15) is 17.3 Å². The van der Waals surface area contributed by atoms with E-state index in [0.29, 0.717) is 36.1 Å². The Hall–Kier alpha value is -3.35. The van der Waals surface area contributed by atoms with Crippen molar-refractivity contribution >= 4 is 23.6 Å². The van der Waals surface area contributed by atoms with Gasteiger partial charge in [-0.05, 0) is 49.1 Å². The first-order valence-corrected chi connectivity index (χ1v) is 10.7. The Morgan fingerprint density at radius 1 is 1.19 bits per heavy atom. The molecule has 0 aromatic heterocycles. The molecular formula is C25H30FNO5. The van der Waals surface area contributed by atoms with E-state index >= 15 is 0 Å². The number of aliphatic carboxylic acids is 1. The van der Waals surface area contributed by atoms with E-state index in [1.807, 2.05) is 0 Å². The highest BCUT2D eigenvalue weighted by Crippen LogP contribution is 2.24. The van der Waals surface area contributed by atoms with Gasteiger partial charge in [-0.25, -0.2) is 4.39 Å². The fourth-order valence-electron chi connectivity index (χ4n) is 2.99. The molecule has 1 unspecified atom stereocenters. The third-order valence-corrected chi connectivity index (χ3v) is 4.64. The molecule has 0 heterocycles. The number of benzene rings is 2. The van der Waals surface area contributed by atoms with E-state index in [4.69, 9.17) is 14.6 Å². The topological polar surface area (TPSA) is 84.9 Å². The van der Waals surface area contributed by atoms with Gasteiger partial charge in [-0.1, -0.05) is 32.4 Å². The third-order valence-electron chi connectivity index (χ3n) is 4.64. The van der Waals surface area contributed by atoms with E-state index in [1.165, 1.54) is 18.2 Å². The molecule has 2 N–H and O–H groups in total. The third kappa shape index (κ3) is 8.79. The Kier molecular flexibility index (Phi) is 10.2. The number of para-hydroxylation sites is 2. The summed E-state index contributed by atoms with van der Waals surface area (Å²) in [5.74, 6) is -0.518. The molecule has 32 heavy (non-hydrogen) atoms. The molecule has 0 saturated heterocycles. The number of carbonyl (C=O) groups excluding carboxylic acids is 1. The maximum absolute atomic E-state index is 14.4. The van der Waals surface area contributed by atoms with Crippen molar-refractivity contribution < 1.29 is 28.6 Å². The highest BCUT2D eigenvalue weighted by atomic mass is 19.1. The van der Waals surface area contributed by atoms with Crippen LogP contribution in [0.5, 0.6) is 11.5 Å². The molecule has 2 aromatic carbocycles. The highest BCUT2D eigenvalue weighted by molar-refractivity contribution is 6.02. The Balaban J connectivity index is 1.93. The van der Waals surface area contributed by atoms with Gasteiger partial charge in [0.2, 0.25) is 5.91 Å². The van der Waals surface area contributed by atoms with Crippen molar-refractivity contribution in [2.24, 2.45) is 5.92 Å². The summed E-state index contributed by atoms with van der Waals surface area (Å²) < 4.78 is 25.6. The van der Waals surface area contributed by atoms with Crippen molar-refractivity contribution in [3.05, 3.63) is 59.9 Å². The SMILES string of the molecule is CCCC(C)COc1ccc(C=CC(=O)Nc2ccccc2OCCCC(=O)O)c(F)c1. The van der Waals surface area contributed by atoms with Crippen LogP contribution in [0, 0.1) is 11.7 Å². The van der Waals surface area contributed by atoms with E-state index in [2.05, 4.69) is 19.2 Å². The number of carboxylic acid groups (broad SMARTS) is 1. The van der Waals surface area contributed by atoms with Gasteiger partial charge in [0, 0.05) is 24.1 Å². The van der Waals surface area contributed by atoms with Gasteiger partial charge in [-0.2, -0.15) is 0 Å². The Morgan fingerprint density at radius 3 is 2.69 bits per heavy atom. The smallest absolute Gasteiger partial charge is 0.303 e. The first-order valence-electron chi connectivity index (χ1n) is 10.7. The number of amides is 1. The average molecular weight is 444 g/mol. The number of ether oxygens (including phenoxy) is 2. The Bertz CT molecular complexity index is 928. The Morgan fingerprint density at radius 2 is 1.97 bits per heavy atom. The first kappa shape index (κ1) is 24.9. The normalized spacial score (nSPS) is 11.8. The van der Waals surface area contributed by atoms with Crippen LogP contribution in [0.25, 0.3) is 6.08 Å². The second kappa shape index (κ2) is 13.1. The lowest BCUT2D eigenvalue weighted by molar-refractivity contribution is -0.137. The zero-order valence-electron chi connectivity index (χ0n) is 18.5. The summed E-state index contributed by atoms with van der Waals surface area (Å²) in [5, 5.41) is 11.4. The number of anilines is 1. The van der Waals surface area contributed by atoms with Crippen LogP contribution in [-0.2, 0) is 9.59 Å². The fraction of sp³-hybridized carbons (Fsp3) is 0.360. The molecule has 7 heteroatoms. The molecule has 0 bridgehead atoms. The van der Waals surface area contributed by atoms with Crippen molar-refractivity contribution in [1.82, 2.24) is 0 Å². The summed E-state index contributed by atoms with van der Waals surface area (Å²) in [6.45, 7) is 4.95. The summed E-state index contributed by atoms with van der Waals surface area (Å²) in [5.41, 5.74) is 0.718. The van der Waals surface area contributed by atoms with Gasteiger partial charge in [-0.15, -0.1) is 0 Å². The number of carbonyl (C=O) groups is 2. The lowest BCUT2D eigenvalue weighted by atomic mass is 10.1. The minimum Gasteiger partial charge on any atom is -0.493 e. The van der Waals surface area contributed by atoms with Crippen LogP contribution in [-0.4, -0.2) is 30.2 Å². The van der Waals surface area contributed by atoms with Crippen LogP contribution in [0.15, 0.2) is 48.5 Å². The largest absolute Gasteiger partial charge is 0.493 e. The predicted octanol–water partition coefficient (Wildman–Crippen LogP) is 5.54. The quantitative estimate of drug-likeness (QED) is 0.314. The summed E-state index contributed by atoms with van der Waals surface area (Å²) in [6.07, 6.45) is 5.12.